The van der Waals surface area contributed by atoms with Gasteiger partial charge in [-0.25, -0.2) is 14.6 Å². The third-order valence-corrected chi connectivity index (χ3v) is 5.09. The first kappa shape index (κ1) is 19.3. The van der Waals surface area contributed by atoms with Gasteiger partial charge >= 0.3 is 0 Å². The Hall–Kier alpha value is -3.00. The lowest BCUT2D eigenvalue weighted by Gasteiger charge is -2.27. The first-order valence-corrected chi connectivity index (χ1v) is 9.93. The second kappa shape index (κ2) is 8.16. The van der Waals surface area contributed by atoms with Gasteiger partial charge < -0.3 is 15.0 Å². The topological polar surface area (TPSA) is 85.2 Å². The van der Waals surface area contributed by atoms with Gasteiger partial charge in [0.1, 0.15) is 5.82 Å². The standard InChI is InChI=1S/C21H26N6O2/c1-14(2)27-20-17(13-24-27)10-18(15(3)25-20)21(28)23-12-16-4-5-19(22-11-16)26-6-8-29-9-7-26/h4-5,10-11,13-14H,6-9,12H2,1-3H3,(H,23,28). The number of rotatable bonds is 5. The third kappa shape index (κ3) is 4.07. The fraction of sp³-hybridized carbons (Fsp3) is 0.429. The number of nitrogens with one attached hydrogen (secondary N) is 1. The number of carbonyl (C=O) groups is 1. The molecule has 8 heteroatoms. The fourth-order valence-electron chi connectivity index (χ4n) is 3.45. The predicted octanol–water partition coefficient (Wildman–Crippen LogP) is 2.48. The maximum Gasteiger partial charge on any atom is 0.253 e. The van der Waals surface area contributed by atoms with Gasteiger partial charge in [-0.1, -0.05) is 6.07 Å². The van der Waals surface area contributed by atoms with Crippen molar-refractivity contribution in [1.82, 2.24) is 25.1 Å². The average molecular weight is 394 g/mol. The maximum atomic E-state index is 12.7. The van der Waals surface area contributed by atoms with E-state index in [9.17, 15) is 4.79 Å². The first-order chi connectivity index (χ1) is 14.0. The predicted molar refractivity (Wildman–Crippen MR) is 111 cm³/mol. The lowest BCUT2D eigenvalue weighted by Crippen LogP contribution is -2.36. The summed E-state index contributed by atoms with van der Waals surface area (Å²) >= 11 is 0. The molecule has 4 heterocycles. The molecule has 0 atom stereocenters. The number of hydrogen-bond acceptors (Lipinski definition) is 6. The van der Waals surface area contributed by atoms with Crippen LogP contribution in [-0.4, -0.2) is 52.0 Å². The number of ether oxygens (including phenoxy) is 1. The van der Waals surface area contributed by atoms with E-state index in [-0.39, 0.29) is 11.9 Å². The molecule has 1 N–H and O–H groups in total. The molecule has 0 unspecified atom stereocenters. The van der Waals surface area contributed by atoms with Crippen LogP contribution in [0.2, 0.25) is 0 Å². The highest BCUT2D eigenvalue weighted by Crippen LogP contribution is 2.19. The van der Waals surface area contributed by atoms with Gasteiger partial charge in [-0.15, -0.1) is 0 Å². The van der Waals surface area contributed by atoms with E-state index in [1.165, 1.54) is 0 Å². The lowest BCUT2D eigenvalue weighted by molar-refractivity contribution is 0.0950. The minimum Gasteiger partial charge on any atom is -0.378 e. The van der Waals surface area contributed by atoms with Gasteiger partial charge in [-0.05, 0) is 38.5 Å². The van der Waals surface area contributed by atoms with Crippen molar-refractivity contribution >= 4 is 22.8 Å². The molecule has 8 nitrogen and oxygen atoms in total. The average Bonchev–Trinajstić information content (AvgIpc) is 3.15. The number of nitrogens with zero attached hydrogens (tertiary/aromatic N) is 5. The Bertz CT molecular complexity index is 1010. The van der Waals surface area contributed by atoms with Gasteiger partial charge in [0, 0.05) is 37.3 Å². The molecular formula is C21H26N6O2. The summed E-state index contributed by atoms with van der Waals surface area (Å²) in [5.41, 5.74) is 3.02. The van der Waals surface area contributed by atoms with Crippen molar-refractivity contribution < 1.29 is 9.53 Å². The first-order valence-electron chi connectivity index (χ1n) is 9.93. The molecule has 0 saturated carbocycles. The summed E-state index contributed by atoms with van der Waals surface area (Å²) < 4.78 is 7.24. The van der Waals surface area contributed by atoms with Crippen LogP contribution in [0.1, 0.15) is 41.5 Å². The Morgan fingerprint density at radius 2 is 2.03 bits per heavy atom. The van der Waals surface area contributed by atoms with Crippen LogP contribution in [0.5, 0.6) is 0 Å². The zero-order valence-electron chi connectivity index (χ0n) is 17.1. The number of hydrogen-bond donors (Lipinski definition) is 1. The lowest BCUT2D eigenvalue weighted by atomic mass is 10.1. The van der Waals surface area contributed by atoms with Crippen molar-refractivity contribution in [3.63, 3.8) is 0 Å². The normalized spacial score (nSPS) is 14.6. The van der Waals surface area contributed by atoms with Crippen LogP contribution in [0.25, 0.3) is 11.0 Å². The van der Waals surface area contributed by atoms with E-state index in [4.69, 9.17) is 4.74 Å². The van der Waals surface area contributed by atoms with Gasteiger partial charge in [0.15, 0.2) is 5.65 Å². The quantitative estimate of drug-likeness (QED) is 0.716. The Labute approximate surface area is 169 Å². The maximum absolute atomic E-state index is 12.7. The molecular weight excluding hydrogens is 368 g/mol. The SMILES string of the molecule is Cc1nc2c(cnn2C(C)C)cc1C(=O)NCc1ccc(N2CCOCC2)nc1. The largest absolute Gasteiger partial charge is 0.378 e. The molecule has 1 amide bonds. The van der Waals surface area contributed by atoms with Gasteiger partial charge in [0.2, 0.25) is 0 Å². The molecule has 1 saturated heterocycles. The zero-order valence-corrected chi connectivity index (χ0v) is 17.1. The molecule has 0 radical (unpaired) electrons. The second-order valence-electron chi connectivity index (χ2n) is 7.52. The summed E-state index contributed by atoms with van der Waals surface area (Å²) in [6.07, 6.45) is 3.57. The van der Waals surface area contributed by atoms with Crippen molar-refractivity contribution in [3.8, 4) is 0 Å². The Morgan fingerprint density at radius 3 is 2.72 bits per heavy atom. The van der Waals surface area contributed by atoms with Crippen LogP contribution in [0.4, 0.5) is 5.82 Å². The molecule has 29 heavy (non-hydrogen) atoms. The van der Waals surface area contributed by atoms with Crippen molar-refractivity contribution in [2.24, 2.45) is 0 Å². The van der Waals surface area contributed by atoms with Crippen molar-refractivity contribution in [2.75, 3.05) is 31.2 Å². The van der Waals surface area contributed by atoms with E-state index in [2.05, 4.69) is 39.1 Å². The molecule has 4 rings (SSSR count). The minimum atomic E-state index is -0.147. The molecule has 1 aliphatic heterocycles. The minimum absolute atomic E-state index is 0.147. The van der Waals surface area contributed by atoms with Crippen LogP contribution in [0, 0.1) is 6.92 Å². The highest BCUT2D eigenvalue weighted by atomic mass is 16.5. The number of aromatic nitrogens is 4. The van der Waals surface area contributed by atoms with Crippen molar-refractivity contribution in [3.05, 3.63) is 47.4 Å². The number of anilines is 1. The van der Waals surface area contributed by atoms with E-state index in [0.717, 1.165) is 48.7 Å². The van der Waals surface area contributed by atoms with Gasteiger partial charge in [0.05, 0.1) is 30.7 Å². The van der Waals surface area contributed by atoms with Crippen molar-refractivity contribution in [2.45, 2.75) is 33.4 Å². The summed E-state index contributed by atoms with van der Waals surface area (Å²) in [5, 5.41) is 8.22. The highest BCUT2D eigenvalue weighted by molar-refractivity contribution is 5.98. The zero-order chi connectivity index (χ0) is 20.4. The molecule has 0 bridgehead atoms. The molecule has 1 aliphatic rings. The molecule has 0 spiro atoms. The summed E-state index contributed by atoms with van der Waals surface area (Å²) in [4.78, 5) is 24.1. The van der Waals surface area contributed by atoms with Crippen LogP contribution >= 0.6 is 0 Å². The summed E-state index contributed by atoms with van der Waals surface area (Å²) in [7, 11) is 0. The van der Waals surface area contributed by atoms with Gasteiger partial charge in [-0.3, -0.25) is 4.79 Å². The third-order valence-electron chi connectivity index (χ3n) is 5.09. The van der Waals surface area contributed by atoms with Gasteiger partial charge in [0.25, 0.3) is 5.91 Å². The summed E-state index contributed by atoms with van der Waals surface area (Å²) in [6.45, 7) is 9.55. The van der Waals surface area contributed by atoms with Gasteiger partial charge in [-0.2, -0.15) is 5.10 Å². The molecule has 3 aromatic rings. The van der Waals surface area contributed by atoms with Crippen LogP contribution < -0.4 is 10.2 Å². The Balaban J connectivity index is 1.43. The fourth-order valence-corrected chi connectivity index (χ4v) is 3.45. The molecule has 0 aliphatic carbocycles. The molecule has 1 fully saturated rings. The van der Waals surface area contributed by atoms with E-state index < -0.39 is 0 Å². The van der Waals surface area contributed by atoms with E-state index in [1.807, 2.05) is 36.0 Å². The second-order valence-corrected chi connectivity index (χ2v) is 7.52. The monoisotopic (exact) mass is 394 g/mol. The van der Waals surface area contributed by atoms with Crippen LogP contribution in [0.15, 0.2) is 30.6 Å². The van der Waals surface area contributed by atoms with Crippen LogP contribution in [0.3, 0.4) is 0 Å². The number of carbonyl (C=O) groups excluding carboxylic acids is 1. The van der Waals surface area contributed by atoms with E-state index in [1.54, 1.807) is 6.20 Å². The summed E-state index contributed by atoms with van der Waals surface area (Å²) in [5.74, 6) is 0.794. The molecule has 152 valence electrons. The summed E-state index contributed by atoms with van der Waals surface area (Å²) in [6, 6.07) is 6.07. The number of amides is 1. The number of fused-ring (bicyclic) bond motifs is 1. The highest BCUT2D eigenvalue weighted by Gasteiger charge is 2.16. The number of aryl methyl sites for hydroxylation is 1. The number of morpholine rings is 1. The van der Waals surface area contributed by atoms with Crippen molar-refractivity contribution in [1.29, 1.82) is 0 Å². The van der Waals surface area contributed by atoms with E-state index >= 15 is 0 Å². The number of pyridine rings is 2. The smallest absolute Gasteiger partial charge is 0.253 e. The Morgan fingerprint density at radius 1 is 1.24 bits per heavy atom. The molecule has 0 aromatic carbocycles. The van der Waals surface area contributed by atoms with Crippen LogP contribution in [-0.2, 0) is 11.3 Å². The molecule has 3 aromatic heterocycles. The van der Waals surface area contributed by atoms with E-state index in [0.29, 0.717) is 17.8 Å². The Kier molecular flexibility index (Phi) is 5.44.